The molecule has 0 spiro atoms. The molecule has 2 aromatic rings. The van der Waals surface area contributed by atoms with Crippen LogP contribution in [0.1, 0.15) is 42.8 Å². The van der Waals surface area contributed by atoms with E-state index in [1.165, 1.54) is 0 Å². The molecular formula is C15H21N5O. The number of aromatic nitrogens is 2. The summed E-state index contributed by atoms with van der Waals surface area (Å²) in [5, 5.41) is 3.44. The maximum Gasteiger partial charge on any atom is 0.148 e. The third-order valence-corrected chi connectivity index (χ3v) is 3.71. The zero-order valence-electron chi connectivity index (χ0n) is 12.4. The van der Waals surface area contributed by atoms with E-state index in [0.717, 1.165) is 42.2 Å². The fourth-order valence-corrected chi connectivity index (χ4v) is 2.35. The molecule has 0 amide bonds. The van der Waals surface area contributed by atoms with E-state index in [9.17, 15) is 0 Å². The molecule has 3 rings (SSSR count). The van der Waals surface area contributed by atoms with Gasteiger partial charge in [-0.05, 0) is 38.8 Å². The number of nitrogen functional groups attached to an aromatic ring is 1. The Morgan fingerprint density at radius 1 is 1.38 bits per heavy atom. The molecule has 2 heterocycles. The van der Waals surface area contributed by atoms with Crippen molar-refractivity contribution in [3.8, 4) is 0 Å². The van der Waals surface area contributed by atoms with Crippen LogP contribution in [0.15, 0.2) is 22.8 Å². The Labute approximate surface area is 124 Å². The molecular weight excluding hydrogens is 266 g/mol. The molecule has 112 valence electrons. The summed E-state index contributed by atoms with van der Waals surface area (Å²) in [6.45, 7) is 4.07. The Balaban J connectivity index is 1.78. The molecule has 1 aliphatic carbocycles. The van der Waals surface area contributed by atoms with Gasteiger partial charge in [0.05, 0.1) is 6.26 Å². The summed E-state index contributed by atoms with van der Waals surface area (Å²) in [6, 6.07) is 4.09. The van der Waals surface area contributed by atoms with Crippen LogP contribution in [0.4, 0.5) is 11.6 Å². The summed E-state index contributed by atoms with van der Waals surface area (Å²) in [5.74, 6) is 9.43. The Kier molecular flexibility index (Phi) is 3.79. The largest absolute Gasteiger partial charge is 0.469 e. The summed E-state index contributed by atoms with van der Waals surface area (Å²) in [6.07, 6.45) is 4.82. The lowest BCUT2D eigenvalue weighted by Gasteiger charge is -2.17. The van der Waals surface area contributed by atoms with Gasteiger partial charge in [0.25, 0.3) is 0 Å². The quantitative estimate of drug-likeness (QED) is 0.559. The predicted molar refractivity (Wildman–Crippen MR) is 82.1 cm³/mol. The molecule has 6 nitrogen and oxygen atoms in total. The number of nitrogens with one attached hydrogen (secondary N) is 2. The molecule has 0 aliphatic heterocycles. The summed E-state index contributed by atoms with van der Waals surface area (Å²) in [4.78, 5) is 9.15. The number of hydrogen-bond donors (Lipinski definition) is 3. The molecule has 1 unspecified atom stereocenters. The molecule has 0 aromatic carbocycles. The van der Waals surface area contributed by atoms with Crippen molar-refractivity contribution in [2.75, 3.05) is 10.7 Å². The van der Waals surface area contributed by atoms with Crippen LogP contribution in [0.5, 0.6) is 0 Å². The smallest absolute Gasteiger partial charge is 0.148 e. The van der Waals surface area contributed by atoms with Gasteiger partial charge in [0.15, 0.2) is 0 Å². The molecule has 1 fully saturated rings. The van der Waals surface area contributed by atoms with Gasteiger partial charge in [0.2, 0.25) is 0 Å². The maximum absolute atomic E-state index is 5.57. The highest BCUT2D eigenvalue weighted by Crippen LogP contribution is 2.39. The first-order chi connectivity index (χ1) is 10.2. The highest BCUT2D eigenvalue weighted by atomic mass is 16.3. The van der Waals surface area contributed by atoms with Gasteiger partial charge in [-0.3, -0.25) is 0 Å². The number of furan rings is 1. The van der Waals surface area contributed by atoms with Crippen molar-refractivity contribution < 1.29 is 4.42 Å². The van der Waals surface area contributed by atoms with Crippen molar-refractivity contribution in [2.24, 2.45) is 5.84 Å². The minimum Gasteiger partial charge on any atom is -0.469 e. The lowest BCUT2D eigenvalue weighted by molar-refractivity contribution is 0.497. The van der Waals surface area contributed by atoms with Gasteiger partial charge < -0.3 is 15.2 Å². The number of rotatable bonds is 6. The monoisotopic (exact) mass is 287 g/mol. The van der Waals surface area contributed by atoms with Crippen LogP contribution in [0.3, 0.4) is 0 Å². The number of anilines is 2. The van der Waals surface area contributed by atoms with Crippen molar-refractivity contribution in [3.63, 3.8) is 0 Å². The Morgan fingerprint density at radius 3 is 2.76 bits per heavy atom. The second-order valence-corrected chi connectivity index (χ2v) is 5.65. The molecule has 1 aliphatic rings. The first kappa shape index (κ1) is 13.9. The van der Waals surface area contributed by atoms with Crippen LogP contribution in [0, 0.1) is 6.92 Å². The zero-order valence-corrected chi connectivity index (χ0v) is 12.4. The van der Waals surface area contributed by atoms with Gasteiger partial charge in [0.1, 0.15) is 23.2 Å². The van der Waals surface area contributed by atoms with E-state index in [1.807, 2.05) is 19.1 Å². The fourth-order valence-electron chi connectivity index (χ4n) is 2.35. The first-order valence-electron chi connectivity index (χ1n) is 7.31. The molecule has 4 N–H and O–H groups in total. The van der Waals surface area contributed by atoms with E-state index in [2.05, 4.69) is 27.6 Å². The average molecular weight is 287 g/mol. The lowest BCUT2D eigenvalue weighted by Crippen LogP contribution is -2.21. The molecule has 0 radical (unpaired) electrons. The predicted octanol–water partition coefficient (Wildman–Crippen LogP) is 2.58. The van der Waals surface area contributed by atoms with Crippen molar-refractivity contribution in [2.45, 2.75) is 45.1 Å². The standard InChI is InChI=1S/C15H21N5O/c1-9(8-12-4-3-7-21-12)17-13-10(2)14(20-16)19-15(18-13)11-5-6-11/h3-4,7,9,11H,5-6,8,16H2,1-2H3,(H2,17,18,19,20). The third-order valence-electron chi connectivity index (χ3n) is 3.71. The van der Waals surface area contributed by atoms with Crippen molar-refractivity contribution in [1.29, 1.82) is 0 Å². The summed E-state index contributed by atoms with van der Waals surface area (Å²) in [5.41, 5.74) is 3.61. The second kappa shape index (κ2) is 5.73. The van der Waals surface area contributed by atoms with E-state index in [4.69, 9.17) is 10.3 Å². The van der Waals surface area contributed by atoms with Crippen LogP contribution in [0.25, 0.3) is 0 Å². The topological polar surface area (TPSA) is 89.0 Å². The van der Waals surface area contributed by atoms with Crippen LogP contribution in [0.2, 0.25) is 0 Å². The third kappa shape index (κ3) is 3.16. The Hall–Kier alpha value is -2.08. The van der Waals surface area contributed by atoms with E-state index in [1.54, 1.807) is 6.26 Å². The number of nitrogens with two attached hydrogens (primary N) is 1. The van der Waals surface area contributed by atoms with Crippen LogP contribution in [-0.2, 0) is 6.42 Å². The minimum atomic E-state index is 0.211. The Morgan fingerprint density at radius 2 is 2.14 bits per heavy atom. The maximum atomic E-state index is 5.57. The van der Waals surface area contributed by atoms with Gasteiger partial charge in [-0.2, -0.15) is 0 Å². The van der Waals surface area contributed by atoms with Crippen LogP contribution >= 0.6 is 0 Å². The van der Waals surface area contributed by atoms with E-state index < -0.39 is 0 Å². The van der Waals surface area contributed by atoms with Gasteiger partial charge in [-0.25, -0.2) is 15.8 Å². The van der Waals surface area contributed by atoms with E-state index >= 15 is 0 Å². The van der Waals surface area contributed by atoms with Crippen LogP contribution in [-0.4, -0.2) is 16.0 Å². The zero-order chi connectivity index (χ0) is 14.8. The lowest BCUT2D eigenvalue weighted by atomic mass is 10.2. The van der Waals surface area contributed by atoms with Crippen LogP contribution < -0.4 is 16.6 Å². The van der Waals surface area contributed by atoms with Gasteiger partial charge in [-0.1, -0.05) is 0 Å². The number of hydrogen-bond acceptors (Lipinski definition) is 6. The van der Waals surface area contributed by atoms with Gasteiger partial charge in [0, 0.05) is 23.9 Å². The molecule has 1 saturated carbocycles. The molecule has 6 heteroatoms. The highest BCUT2D eigenvalue weighted by Gasteiger charge is 2.28. The van der Waals surface area contributed by atoms with E-state index in [0.29, 0.717) is 11.7 Å². The minimum absolute atomic E-state index is 0.211. The summed E-state index contributed by atoms with van der Waals surface area (Å²) >= 11 is 0. The second-order valence-electron chi connectivity index (χ2n) is 5.65. The number of nitrogens with zero attached hydrogens (tertiary/aromatic N) is 2. The molecule has 0 saturated heterocycles. The average Bonchev–Trinajstić information content (AvgIpc) is 3.20. The molecule has 1 atom stereocenters. The Bertz CT molecular complexity index is 607. The molecule has 2 aromatic heterocycles. The van der Waals surface area contributed by atoms with Crippen molar-refractivity contribution >= 4 is 11.6 Å². The van der Waals surface area contributed by atoms with Crippen molar-refractivity contribution in [1.82, 2.24) is 9.97 Å². The highest BCUT2D eigenvalue weighted by molar-refractivity contribution is 5.57. The number of hydrazine groups is 1. The SMILES string of the molecule is Cc1c(NN)nc(C2CC2)nc1NC(C)Cc1ccco1. The summed E-state index contributed by atoms with van der Waals surface area (Å²) < 4.78 is 5.38. The molecule has 0 bridgehead atoms. The fraction of sp³-hybridized carbons (Fsp3) is 0.467. The summed E-state index contributed by atoms with van der Waals surface area (Å²) in [7, 11) is 0. The van der Waals surface area contributed by atoms with Gasteiger partial charge in [-0.15, -0.1) is 0 Å². The normalized spacial score (nSPS) is 15.8. The first-order valence-corrected chi connectivity index (χ1v) is 7.31. The molecule has 21 heavy (non-hydrogen) atoms. The van der Waals surface area contributed by atoms with Gasteiger partial charge >= 0.3 is 0 Å². The van der Waals surface area contributed by atoms with E-state index in [-0.39, 0.29) is 6.04 Å². The van der Waals surface area contributed by atoms with Crippen molar-refractivity contribution in [3.05, 3.63) is 35.5 Å².